The number of fused-ring (bicyclic) bond motifs is 1. The van der Waals surface area contributed by atoms with Gasteiger partial charge < -0.3 is 5.32 Å². The minimum absolute atomic E-state index is 0.0273. The number of halogens is 1. The van der Waals surface area contributed by atoms with Gasteiger partial charge in [-0.2, -0.15) is 0 Å². The van der Waals surface area contributed by atoms with Gasteiger partial charge >= 0.3 is 0 Å². The predicted molar refractivity (Wildman–Crippen MR) is 64.1 cm³/mol. The minimum atomic E-state index is -0.235. The number of nitrogens with one attached hydrogen (secondary N) is 2. The third-order valence-electron chi connectivity index (χ3n) is 3.27. The van der Waals surface area contributed by atoms with Crippen LogP contribution in [0.15, 0.2) is 18.2 Å². The molecular weight excluding hydrogens is 219 g/mol. The van der Waals surface area contributed by atoms with Crippen LogP contribution in [0.4, 0.5) is 4.39 Å². The lowest BCUT2D eigenvalue weighted by atomic mass is 10.1. The lowest BCUT2D eigenvalue weighted by Gasteiger charge is -2.19. The smallest absolute Gasteiger partial charge is 0.236 e. The molecule has 0 fully saturated rings. The van der Waals surface area contributed by atoms with E-state index in [0.29, 0.717) is 0 Å². The van der Waals surface area contributed by atoms with E-state index in [1.807, 2.05) is 13.0 Å². The van der Waals surface area contributed by atoms with Crippen LogP contribution in [0.3, 0.4) is 0 Å². The predicted octanol–water partition coefficient (Wildman–Crippen LogP) is 1.54. The molecule has 4 heteroatoms. The Bertz CT molecular complexity index is 433. The van der Waals surface area contributed by atoms with Crippen LogP contribution in [-0.4, -0.2) is 19.0 Å². The number of rotatable bonds is 3. The fraction of sp³-hybridized carbons (Fsp3) is 0.462. The van der Waals surface area contributed by atoms with Crippen molar-refractivity contribution in [3.63, 3.8) is 0 Å². The second-order valence-corrected chi connectivity index (χ2v) is 4.44. The van der Waals surface area contributed by atoms with Crippen LogP contribution in [0.25, 0.3) is 0 Å². The van der Waals surface area contributed by atoms with Crippen molar-refractivity contribution in [2.45, 2.75) is 31.8 Å². The Morgan fingerprint density at radius 3 is 3.00 bits per heavy atom. The molecule has 0 saturated heterocycles. The monoisotopic (exact) mass is 236 g/mol. The summed E-state index contributed by atoms with van der Waals surface area (Å²) in [7, 11) is 1.62. The maximum absolute atomic E-state index is 13.0. The van der Waals surface area contributed by atoms with Gasteiger partial charge in [0.15, 0.2) is 0 Å². The van der Waals surface area contributed by atoms with E-state index < -0.39 is 0 Å². The topological polar surface area (TPSA) is 41.1 Å². The van der Waals surface area contributed by atoms with Crippen molar-refractivity contribution in [2.75, 3.05) is 7.05 Å². The summed E-state index contributed by atoms with van der Waals surface area (Å²) in [5.41, 5.74) is 2.16. The zero-order chi connectivity index (χ0) is 12.4. The average Bonchev–Trinajstić information content (AvgIpc) is 2.70. The number of hydrogen-bond acceptors (Lipinski definition) is 2. The highest BCUT2D eigenvalue weighted by atomic mass is 19.1. The Kier molecular flexibility index (Phi) is 3.43. The number of carbonyl (C=O) groups excluding carboxylic acids is 1. The van der Waals surface area contributed by atoms with E-state index >= 15 is 0 Å². The molecule has 0 spiro atoms. The van der Waals surface area contributed by atoms with Crippen molar-refractivity contribution >= 4 is 5.91 Å². The third-order valence-corrected chi connectivity index (χ3v) is 3.27. The molecule has 2 unspecified atom stereocenters. The Morgan fingerprint density at radius 2 is 2.29 bits per heavy atom. The van der Waals surface area contributed by atoms with Gasteiger partial charge in [0, 0.05) is 13.1 Å². The Hall–Kier alpha value is -1.42. The molecule has 92 valence electrons. The Labute approximate surface area is 100 Å². The van der Waals surface area contributed by atoms with Crippen molar-refractivity contribution in [1.29, 1.82) is 0 Å². The molecule has 2 N–H and O–H groups in total. The van der Waals surface area contributed by atoms with Gasteiger partial charge in [0.25, 0.3) is 0 Å². The van der Waals surface area contributed by atoms with Crippen molar-refractivity contribution < 1.29 is 9.18 Å². The molecule has 0 bridgehead atoms. The molecular formula is C13H17FN2O. The van der Waals surface area contributed by atoms with Crippen LogP contribution < -0.4 is 10.6 Å². The standard InChI is InChI=1S/C13H17FN2O/c1-8(13(17)15-2)16-12-6-3-9-7-10(14)4-5-11(9)12/h4-5,7-8,12,16H,3,6H2,1-2H3,(H,15,17). The van der Waals surface area contributed by atoms with Crippen molar-refractivity contribution in [3.05, 3.63) is 35.1 Å². The van der Waals surface area contributed by atoms with Gasteiger partial charge in [-0.25, -0.2) is 4.39 Å². The normalized spacial score (nSPS) is 19.8. The molecule has 0 radical (unpaired) electrons. The van der Waals surface area contributed by atoms with Crippen LogP contribution in [-0.2, 0) is 11.2 Å². The lowest BCUT2D eigenvalue weighted by molar-refractivity contribution is -0.122. The van der Waals surface area contributed by atoms with Gasteiger partial charge in [-0.15, -0.1) is 0 Å². The summed E-state index contributed by atoms with van der Waals surface area (Å²) in [6.07, 6.45) is 1.78. The molecule has 1 aromatic carbocycles. The highest BCUT2D eigenvalue weighted by Gasteiger charge is 2.25. The highest BCUT2D eigenvalue weighted by molar-refractivity contribution is 5.81. The fourth-order valence-corrected chi connectivity index (χ4v) is 2.35. The first kappa shape index (κ1) is 12.0. The average molecular weight is 236 g/mol. The van der Waals surface area contributed by atoms with E-state index in [1.54, 1.807) is 13.1 Å². The van der Waals surface area contributed by atoms with Gasteiger partial charge in [-0.3, -0.25) is 10.1 Å². The summed E-state index contributed by atoms with van der Waals surface area (Å²) in [6, 6.07) is 4.79. The van der Waals surface area contributed by atoms with E-state index in [0.717, 1.165) is 24.0 Å². The summed E-state index contributed by atoms with van der Waals surface area (Å²) in [6.45, 7) is 1.83. The van der Waals surface area contributed by atoms with Gasteiger partial charge in [-0.05, 0) is 43.0 Å². The zero-order valence-electron chi connectivity index (χ0n) is 10.1. The molecule has 1 aliphatic carbocycles. The number of hydrogen-bond donors (Lipinski definition) is 2. The third kappa shape index (κ3) is 2.47. The van der Waals surface area contributed by atoms with E-state index in [1.165, 1.54) is 6.07 Å². The lowest BCUT2D eigenvalue weighted by Crippen LogP contribution is -2.41. The number of amides is 1. The largest absolute Gasteiger partial charge is 0.358 e. The minimum Gasteiger partial charge on any atom is -0.358 e. The molecule has 0 aliphatic heterocycles. The fourth-order valence-electron chi connectivity index (χ4n) is 2.35. The highest BCUT2D eigenvalue weighted by Crippen LogP contribution is 2.31. The number of benzene rings is 1. The summed E-state index contributed by atoms with van der Waals surface area (Å²) in [5.74, 6) is -0.218. The summed E-state index contributed by atoms with van der Waals surface area (Å²) in [5, 5.41) is 5.88. The van der Waals surface area contributed by atoms with E-state index in [9.17, 15) is 9.18 Å². The van der Waals surface area contributed by atoms with Crippen LogP contribution in [0.2, 0.25) is 0 Å². The van der Waals surface area contributed by atoms with Gasteiger partial charge in [0.1, 0.15) is 5.82 Å². The van der Waals surface area contributed by atoms with E-state index in [2.05, 4.69) is 10.6 Å². The van der Waals surface area contributed by atoms with Gasteiger partial charge in [-0.1, -0.05) is 6.07 Å². The summed E-state index contributed by atoms with van der Waals surface area (Å²) in [4.78, 5) is 11.4. The molecule has 0 saturated carbocycles. The van der Waals surface area contributed by atoms with Crippen LogP contribution >= 0.6 is 0 Å². The van der Waals surface area contributed by atoms with Crippen molar-refractivity contribution in [1.82, 2.24) is 10.6 Å². The quantitative estimate of drug-likeness (QED) is 0.835. The van der Waals surface area contributed by atoms with Gasteiger partial charge in [0.2, 0.25) is 5.91 Å². The number of aryl methyl sites for hydroxylation is 1. The maximum atomic E-state index is 13.0. The molecule has 1 amide bonds. The molecule has 1 aliphatic rings. The number of carbonyl (C=O) groups is 1. The second-order valence-electron chi connectivity index (χ2n) is 4.44. The zero-order valence-corrected chi connectivity index (χ0v) is 10.1. The molecule has 17 heavy (non-hydrogen) atoms. The van der Waals surface area contributed by atoms with Crippen molar-refractivity contribution in [3.8, 4) is 0 Å². The van der Waals surface area contributed by atoms with Crippen LogP contribution in [0, 0.1) is 5.82 Å². The molecule has 0 heterocycles. The second kappa shape index (κ2) is 4.84. The Morgan fingerprint density at radius 1 is 1.53 bits per heavy atom. The van der Waals surface area contributed by atoms with E-state index in [4.69, 9.17) is 0 Å². The summed E-state index contributed by atoms with van der Waals surface area (Å²) >= 11 is 0. The molecule has 2 rings (SSSR count). The number of likely N-dealkylation sites (N-methyl/N-ethyl adjacent to an activating group) is 1. The summed E-state index contributed by atoms with van der Waals surface area (Å²) < 4.78 is 13.0. The molecule has 0 aromatic heterocycles. The first-order chi connectivity index (χ1) is 8.11. The SMILES string of the molecule is CNC(=O)C(C)NC1CCc2cc(F)ccc21. The van der Waals surface area contributed by atoms with Crippen LogP contribution in [0.5, 0.6) is 0 Å². The Balaban J connectivity index is 2.09. The van der Waals surface area contributed by atoms with Crippen molar-refractivity contribution in [2.24, 2.45) is 0 Å². The first-order valence-electron chi connectivity index (χ1n) is 5.87. The van der Waals surface area contributed by atoms with E-state index in [-0.39, 0.29) is 23.8 Å². The molecule has 2 atom stereocenters. The molecule has 1 aromatic rings. The maximum Gasteiger partial charge on any atom is 0.236 e. The van der Waals surface area contributed by atoms with Gasteiger partial charge in [0.05, 0.1) is 6.04 Å². The first-order valence-corrected chi connectivity index (χ1v) is 5.87. The molecule has 3 nitrogen and oxygen atoms in total. The van der Waals surface area contributed by atoms with Crippen LogP contribution in [0.1, 0.15) is 30.5 Å².